The zero-order valence-electron chi connectivity index (χ0n) is 11.1. The van der Waals surface area contributed by atoms with Crippen LogP contribution in [0.5, 0.6) is 0 Å². The summed E-state index contributed by atoms with van der Waals surface area (Å²) in [5, 5.41) is 9.21. The molecule has 2 atom stereocenters. The van der Waals surface area contributed by atoms with E-state index in [1.807, 2.05) is 51.1 Å². The fourth-order valence-corrected chi connectivity index (χ4v) is 2.67. The van der Waals surface area contributed by atoms with Crippen molar-refractivity contribution in [3.63, 3.8) is 0 Å². The summed E-state index contributed by atoms with van der Waals surface area (Å²) in [4.78, 5) is 11.2. The molecule has 0 aliphatic heterocycles. The van der Waals surface area contributed by atoms with Crippen LogP contribution >= 0.6 is 0 Å². The topological polar surface area (TPSA) is 54.4 Å². The van der Waals surface area contributed by atoms with Crippen molar-refractivity contribution in [2.75, 3.05) is 5.75 Å². The Balaban J connectivity index is 2.73. The van der Waals surface area contributed by atoms with Crippen molar-refractivity contribution in [3.8, 4) is 0 Å². The molecule has 0 saturated heterocycles. The van der Waals surface area contributed by atoms with E-state index in [0.29, 0.717) is 6.42 Å². The van der Waals surface area contributed by atoms with E-state index < -0.39 is 22.7 Å². The molecule has 0 radical (unpaired) electrons. The molecule has 0 spiro atoms. The van der Waals surface area contributed by atoms with Gasteiger partial charge in [0.05, 0.1) is 5.92 Å². The highest BCUT2D eigenvalue weighted by Gasteiger charge is 2.27. The van der Waals surface area contributed by atoms with E-state index in [4.69, 9.17) is 0 Å². The Kier molecular flexibility index (Phi) is 5.08. The first-order valence-corrected chi connectivity index (χ1v) is 7.28. The van der Waals surface area contributed by atoms with Crippen molar-refractivity contribution in [3.05, 3.63) is 35.9 Å². The van der Waals surface area contributed by atoms with E-state index in [1.54, 1.807) is 0 Å². The van der Waals surface area contributed by atoms with Crippen LogP contribution in [0.3, 0.4) is 0 Å². The molecular formula is C14H20O3S. The first-order valence-electron chi connectivity index (χ1n) is 5.96. The van der Waals surface area contributed by atoms with Crippen LogP contribution < -0.4 is 0 Å². The van der Waals surface area contributed by atoms with E-state index in [-0.39, 0.29) is 10.5 Å². The molecule has 1 rings (SSSR count). The second-order valence-electron chi connectivity index (χ2n) is 5.35. The fraction of sp³-hybridized carbons (Fsp3) is 0.500. The number of carboxylic acid groups (broad SMARTS) is 1. The third-order valence-corrected chi connectivity index (χ3v) is 4.78. The van der Waals surface area contributed by atoms with E-state index in [9.17, 15) is 14.1 Å². The van der Waals surface area contributed by atoms with E-state index in [2.05, 4.69) is 0 Å². The highest BCUT2D eigenvalue weighted by atomic mass is 32.2. The minimum absolute atomic E-state index is 0.202. The molecule has 18 heavy (non-hydrogen) atoms. The number of hydrogen-bond donors (Lipinski definition) is 1. The maximum absolute atomic E-state index is 12.0. The zero-order chi connectivity index (χ0) is 13.8. The average molecular weight is 268 g/mol. The second-order valence-corrected chi connectivity index (χ2v) is 7.60. The van der Waals surface area contributed by atoms with Gasteiger partial charge in [-0.25, -0.2) is 0 Å². The van der Waals surface area contributed by atoms with Crippen LogP contribution in [0.25, 0.3) is 0 Å². The lowest BCUT2D eigenvalue weighted by atomic mass is 10.0. The van der Waals surface area contributed by atoms with Crippen molar-refractivity contribution in [2.45, 2.75) is 31.9 Å². The largest absolute Gasteiger partial charge is 0.481 e. The minimum atomic E-state index is -1.14. The molecule has 100 valence electrons. The summed E-state index contributed by atoms with van der Waals surface area (Å²) in [6, 6.07) is 9.46. The quantitative estimate of drug-likeness (QED) is 0.892. The monoisotopic (exact) mass is 268 g/mol. The van der Waals surface area contributed by atoms with Crippen molar-refractivity contribution in [2.24, 2.45) is 5.92 Å². The summed E-state index contributed by atoms with van der Waals surface area (Å²) in [6.45, 7) is 5.60. The van der Waals surface area contributed by atoms with Crippen LogP contribution in [0.4, 0.5) is 0 Å². The number of benzene rings is 1. The summed E-state index contributed by atoms with van der Waals surface area (Å²) in [6.07, 6.45) is 0.429. The first-order chi connectivity index (χ1) is 8.30. The van der Waals surface area contributed by atoms with Crippen LogP contribution in [-0.2, 0) is 22.0 Å². The van der Waals surface area contributed by atoms with Crippen molar-refractivity contribution >= 4 is 16.8 Å². The number of aliphatic carboxylic acids is 1. The molecule has 4 heteroatoms. The summed E-state index contributed by atoms with van der Waals surface area (Å²) >= 11 is 0. The number of carboxylic acids is 1. The van der Waals surface area contributed by atoms with Gasteiger partial charge in [0.1, 0.15) is 0 Å². The molecule has 1 unspecified atom stereocenters. The van der Waals surface area contributed by atoms with Crippen LogP contribution in [0.15, 0.2) is 30.3 Å². The number of carbonyl (C=O) groups is 1. The zero-order valence-corrected chi connectivity index (χ0v) is 11.9. The molecule has 0 saturated carbocycles. The van der Waals surface area contributed by atoms with Gasteiger partial charge in [0.2, 0.25) is 0 Å². The van der Waals surface area contributed by atoms with Gasteiger partial charge in [-0.15, -0.1) is 0 Å². The highest BCUT2D eigenvalue weighted by molar-refractivity contribution is 7.86. The molecule has 0 heterocycles. The van der Waals surface area contributed by atoms with Gasteiger partial charge in [-0.1, -0.05) is 30.3 Å². The maximum atomic E-state index is 12.0. The van der Waals surface area contributed by atoms with Gasteiger partial charge in [0, 0.05) is 21.3 Å². The van der Waals surface area contributed by atoms with Gasteiger partial charge in [-0.3, -0.25) is 9.00 Å². The van der Waals surface area contributed by atoms with Crippen molar-refractivity contribution in [1.82, 2.24) is 0 Å². The van der Waals surface area contributed by atoms with Gasteiger partial charge in [0.15, 0.2) is 0 Å². The minimum Gasteiger partial charge on any atom is -0.481 e. The Morgan fingerprint density at radius 1 is 1.28 bits per heavy atom. The Hall–Kier alpha value is -1.16. The summed E-state index contributed by atoms with van der Waals surface area (Å²) in [5.41, 5.74) is 0.968. The molecule has 0 aromatic heterocycles. The van der Waals surface area contributed by atoms with Gasteiger partial charge >= 0.3 is 5.97 Å². The van der Waals surface area contributed by atoms with Crippen LogP contribution in [0.2, 0.25) is 0 Å². The molecule has 0 aliphatic rings. The Morgan fingerprint density at radius 3 is 2.28 bits per heavy atom. The van der Waals surface area contributed by atoms with E-state index in [0.717, 1.165) is 5.56 Å². The lowest BCUT2D eigenvalue weighted by Crippen LogP contribution is -2.31. The van der Waals surface area contributed by atoms with Crippen molar-refractivity contribution < 1.29 is 14.1 Å². The van der Waals surface area contributed by atoms with Crippen LogP contribution in [0.1, 0.15) is 26.3 Å². The SMILES string of the molecule is CC(C)(C)S(=O)C[C@@H](Cc1ccccc1)C(=O)O. The third-order valence-electron chi connectivity index (χ3n) is 2.71. The number of hydrogen-bond acceptors (Lipinski definition) is 2. The molecule has 0 bridgehead atoms. The number of rotatable bonds is 5. The Bertz CT molecular complexity index is 420. The van der Waals surface area contributed by atoms with E-state index >= 15 is 0 Å². The van der Waals surface area contributed by atoms with Gasteiger partial charge < -0.3 is 5.11 Å². The van der Waals surface area contributed by atoms with Crippen LogP contribution in [-0.4, -0.2) is 25.8 Å². The molecule has 0 amide bonds. The second kappa shape index (κ2) is 6.14. The molecule has 0 fully saturated rings. The molecule has 1 aromatic rings. The molecule has 3 nitrogen and oxygen atoms in total. The molecule has 1 N–H and O–H groups in total. The highest BCUT2D eigenvalue weighted by Crippen LogP contribution is 2.17. The average Bonchev–Trinajstić information content (AvgIpc) is 2.28. The van der Waals surface area contributed by atoms with Gasteiger partial charge in [-0.2, -0.15) is 0 Å². The smallest absolute Gasteiger partial charge is 0.307 e. The van der Waals surface area contributed by atoms with Gasteiger partial charge in [0.25, 0.3) is 0 Å². The Labute approximate surface area is 111 Å². The fourth-order valence-electron chi connectivity index (χ4n) is 1.55. The normalized spacial score (nSPS) is 15.1. The third kappa shape index (κ3) is 4.61. The molecule has 0 aliphatic carbocycles. The lowest BCUT2D eigenvalue weighted by molar-refractivity contribution is -0.140. The van der Waals surface area contributed by atoms with Crippen LogP contribution in [0, 0.1) is 5.92 Å². The first kappa shape index (κ1) is 14.9. The summed E-state index contributed by atoms with van der Waals surface area (Å²) < 4.78 is 11.6. The standard InChI is InChI=1S/C14H20O3S/c1-14(2,3)18(17)10-12(13(15)16)9-11-7-5-4-6-8-11/h4-8,12H,9-10H2,1-3H3,(H,15,16)/t12-,18?/m1/s1. The lowest BCUT2D eigenvalue weighted by Gasteiger charge is -2.20. The predicted molar refractivity (Wildman–Crippen MR) is 74.0 cm³/mol. The van der Waals surface area contributed by atoms with Crippen molar-refractivity contribution in [1.29, 1.82) is 0 Å². The molecule has 1 aromatic carbocycles. The van der Waals surface area contributed by atoms with E-state index in [1.165, 1.54) is 0 Å². The maximum Gasteiger partial charge on any atom is 0.307 e. The van der Waals surface area contributed by atoms with Gasteiger partial charge in [-0.05, 0) is 32.8 Å². The summed E-state index contributed by atoms with van der Waals surface area (Å²) in [7, 11) is -1.14. The Morgan fingerprint density at radius 2 is 1.83 bits per heavy atom. The summed E-state index contributed by atoms with van der Waals surface area (Å²) in [5.74, 6) is -1.27. The molecular weight excluding hydrogens is 248 g/mol. The predicted octanol–water partition coefficient (Wildman–Crippen LogP) is 2.48.